The van der Waals surface area contributed by atoms with Crippen molar-refractivity contribution in [2.75, 3.05) is 31.7 Å². The van der Waals surface area contributed by atoms with E-state index in [1.807, 2.05) is 0 Å². The highest BCUT2D eigenvalue weighted by Crippen LogP contribution is 2.18. The number of rotatable bonds is 8. The van der Waals surface area contributed by atoms with Gasteiger partial charge in [-0.3, -0.25) is 0 Å². The molecule has 0 spiro atoms. The van der Waals surface area contributed by atoms with Crippen LogP contribution in [0.5, 0.6) is 0 Å². The van der Waals surface area contributed by atoms with E-state index in [0.717, 1.165) is 0 Å². The number of hydrogen-bond acceptors (Lipinski definition) is 5. The van der Waals surface area contributed by atoms with Crippen molar-refractivity contribution in [3.8, 4) is 0 Å². The molecule has 0 bridgehead atoms. The molecule has 4 N–H and O–H groups in total. The molecule has 1 aromatic rings. The maximum absolute atomic E-state index is 11.3. The first-order valence-electron chi connectivity index (χ1n) is 5.60. The summed E-state index contributed by atoms with van der Waals surface area (Å²) in [5, 5.41) is 16.6. The number of benzene rings is 1. The van der Waals surface area contributed by atoms with E-state index in [2.05, 4.69) is 5.32 Å². The largest absolute Gasteiger partial charge is 0.394 e. The van der Waals surface area contributed by atoms with Crippen LogP contribution in [0.1, 0.15) is 6.42 Å². The first-order valence-corrected chi connectivity index (χ1v) is 7.14. The topological polar surface area (TPSA) is 102 Å². The molecular weight excluding hydrogens is 256 g/mol. The number of hydrogen-bond donors (Lipinski definition) is 3. The van der Waals surface area contributed by atoms with E-state index >= 15 is 0 Å². The summed E-state index contributed by atoms with van der Waals surface area (Å²) in [6.07, 6.45) is 0.707. The van der Waals surface area contributed by atoms with Gasteiger partial charge < -0.3 is 15.2 Å². The molecule has 1 rings (SSSR count). The molecule has 0 aromatic heterocycles. The van der Waals surface area contributed by atoms with Crippen molar-refractivity contribution in [2.45, 2.75) is 11.3 Å². The smallest absolute Gasteiger partial charge is 0.240 e. The number of anilines is 1. The number of aliphatic hydroxyl groups is 1. The summed E-state index contributed by atoms with van der Waals surface area (Å²) in [5.41, 5.74) is 0.488. The molecule has 0 unspecified atom stereocenters. The summed E-state index contributed by atoms with van der Waals surface area (Å²) in [6.45, 7) is 1.39. The second-order valence-corrected chi connectivity index (χ2v) is 5.19. The van der Waals surface area contributed by atoms with E-state index in [9.17, 15) is 8.42 Å². The maximum Gasteiger partial charge on any atom is 0.240 e. The van der Waals surface area contributed by atoms with Crippen LogP contribution in [-0.4, -0.2) is 39.9 Å². The summed E-state index contributed by atoms with van der Waals surface area (Å²) in [7, 11) is -3.71. The Morgan fingerprint density at radius 3 is 2.67 bits per heavy atom. The third-order valence-corrected chi connectivity index (χ3v) is 3.18. The highest BCUT2D eigenvalue weighted by Gasteiger charge is 2.12. The Morgan fingerprint density at radius 1 is 1.28 bits per heavy atom. The minimum Gasteiger partial charge on any atom is -0.394 e. The van der Waals surface area contributed by atoms with Gasteiger partial charge in [0.1, 0.15) is 4.90 Å². The molecule has 0 heterocycles. The number of nitrogens with two attached hydrogens (primary N) is 1. The van der Waals surface area contributed by atoms with Crippen LogP contribution in [0.25, 0.3) is 0 Å². The number of sulfonamides is 1. The van der Waals surface area contributed by atoms with Crippen LogP contribution in [0.15, 0.2) is 29.2 Å². The number of aliphatic hydroxyl groups excluding tert-OH is 1. The minimum atomic E-state index is -3.71. The van der Waals surface area contributed by atoms with Gasteiger partial charge in [0.25, 0.3) is 0 Å². The molecule has 0 aliphatic heterocycles. The lowest BCUT2D eigenvalue weighted by atomic mass is 10.3. The Kier molecular flexibility index (Phi) is 6.06. The van der Waals surface area contributed by atoms with E-state index in [4.69, 9.17) is 15.0 Å². The molecule has 0 radical (unpaired) electrons. The van der Waals surface area contributed by atoms with Crippen molar-refractivity contribution in [2.24, 2.45) is 5.14 Å². The fraction of sp³-hybridized carbons (Fsp3) is 0.455. The van der Waals surface area contributed by atoms with E-state index < -0.39 is 10.0 Å². The second-order valence-electron chi connectivity index (χ2n) is 3.66. The third-order valence-electron chi connectivity index (χ3n) is 2.21. The standard InChI is InChI=1S/C11H18N2O4S/c12-18(15,16)11-5-2-1-4-10(11)13-6-3-8-17-9-7-14/h1-2,4-5,13-14H,3,6-9H2,(H2,12,15,16). The molecule has 0 amide bonds. The Bertz CT molecular complexity index is 462. The van der Waals surface area contributed by atoms with E-state index in [-0.39, 0.29) is 11.5 Å². The molecule has 0 fully saturated rings. The molecule has 6 nitrogen and oxygen atoms in total. The van der Waals surface area contributed by atoms with Gasteiger partial charge in [-0.15, -0.1) is 0 Å². The summed E-state index contributed by atoms with van der Waals surface area (Å²) in [6, 6.07) is 6.48. The van der Waals surface area contributed by atoms with Gasteiger partial charge in [-0.05, 0) is 18.6 Å². The lowest BCUT2D eigenvalue weighted by molar-refractivity contribution is 0.0922. The maximum atomic E-state index is 11.3. The SMILES string of the molecule is NS(=O)(=O)c1ccccc1NCCCOCCO. The van der Waals surface area contributed by atoms with Gasteiger partial charge in [-0.25, -0.2) is 13.6 Å². The molecule has 0 aliphatic rings. The second kappa shape index (κ2) is 7.32. The van der Waals surface area contributed by atoms with Gasteiger partial charge in [0, 0.05) is 13.2 Å². The van der Waals surface area contributed by atoms with Crippen molar-refractivity contribution >= 4 is 15.7 Å². The average molecular weight is 274 g/mol. The van der Waals surface area contributed by atoms with Gasteiger partial charge in [-0.2, -0.15) is 0 Å². The van der Waals surface area contributed by atoms with Crippen LogP contribution in [0.4, 0.5) is 5.69 Å². The highest BCUT2D eigenvalue weighted by molar-refractivity contribution is 7.89. The Balaban J connectivity index is 2.48. The van der Waals surface area contributed by atoms with E-state index in [1.165, 1.54) is 6.07 Å². The summed E-state index contributed by atoms with van der Waals surface area (Å²) in [5.74, 6) is 0. The van der Waals surface area contributed by atoms with Crippen LogP contribution < -0.4 is 10.5 Å². The zero-order valence-electron chi connectivity index (χ0n) is 10.0. The fourth-order valence-electron chi connectivity index (χ4n) is 1.42. The van der Waals surface area contributed by atoms with Gasteiger partial charge >= 0.3 is 0 Å². The van der Waals surface area contributed by atoms with Crippen molar-refractivity contribution in [3.63, 3.8) is 0 Å². The fourth-order valence-corrected chi connectivity index (χ4v) is 2.14. The first kappa shape index (κ1) is 14.9. The van der Waals surface area contributed by atoms with Gasteiger partial charge in [0.15, 0.2) is 0 Å². The van der Waals surface area contributed by atoms with Crippen LogP contribution in [0.3, 0.4) is 0 Å². The lowest BCUT2D eigenvalue weighted by Gasteiger charge is -2.10. The lowest BCUT2D eigenvalue weighted by Crippen LogP contribution is -2.16. The van der Waals surface area contributed by atoms with Crippen molar-refractivity contribution in [1.29, 1.82) is 0 Å². The van der Waals surface area contributed by atoms with Crippen molar-refractivity contribution in [3.05, 3.63) is 24.3 Å². The molecule has 0 aliphatic carbocycles. The van der Waals surface area contributed by atoms with Crippen molar-refractivity contribution in [1.82, 2.24) is 0 Å². The molecule has 0 saturated heterocycles. The molecule has 1 aromatic carbocycles. The Hall–Kier alpha value is -1.15. The predicted octanol–water partition coefficient (Wildman–Crippen LogP) is 0.145. The normalized spacial score (nSPS) is 11.4. The quantitative estimate of drug-likeness (QED) is 0.585. The monoisotopic (exact) mass is 274 g/mol. The first-order chi connectivity index (χ1) is 8.55. The van der Waals surface area contributed by atoms with E-state index in [0.29, 0.717) is 31.9 Å². The number of primary sulfonamides is 1. The molecular formula is C11H18N2O4S. The number of ether oxygens (including phenoxy) is 1. The van der Waals surface area contributed by atoms with Crippen LogP contribution in [0, 0.1) is 0 Å². The molecule has 7 heteroatoms. The average Bonchev–Trinajstić information content (AvgIpc) is 2.33. The Morgan fingerprint density at radius 2 is 2.00 bits per heavy atom. The van der Waals surface area contributed by atoms with Crippen LogP contribution in [0.2, 0.25) is 0 Å². The third kappa shape index (κ3) is 5.01. The Labute approximate surface area is 107 Å². The van der Waals surface area contributed by atoms with Gasteiger partial charge in [0.05, 0.1) is 18.9 Å². The van der Waals surface area contributed by atoms with Crippen LogP contribution >= 0.6 is 0 Å². The molecule has 0 atom stereocenters. The van der Waals surface area contributed by atoms with Gasteiger partial charge in [-0.1, -0.05) is 12.1 Å². The highest BCUT2D eigenvalue weighted by atomic mass is 32.2. The summed E-state index contributed by atoms with van der Waals surface area (Å²) >= 11 is 0. The molecule has 18 heavy (non-hydrogen) atoms. The minimum absolute atomic E-state index is 0.00167. The van der Waals surface area contributed by atoms with Crippen molar-refractivity contribution < 1.29 is 18.3 Å². The van der Waals surface area contributed by atoms with E-state index in [1.54, 1.807) is 18.2 Å². The summed E-state index contributed by atoms with van der Waals surface area (Å²) < 4.78 is 27.7. The molecule has 102 valence electrons. The number of para-hydroxylation sites is 1. The van der Waals surface area contributed by atoms with Gasteiger partial charge in [0.2, 0.25) is 10.0 Å². The zero-order chi connectivity index (χ0) is 13.4. The summed E-state index contributed by atoms with van der Waals surface area (Å²) in [4.78, 5) is 0.0845. The predicted molar refractivity (Wildman–Crippen MR) is 68.8 cm³/mol. The number of nitrogens with one attached hydrogen (secondary N) is 1. The van der Waals surface area contributed by atoms with Crippen LogP contribution in [-0.2, 0) is 14.8 Å². The molecule has 0 saturated carbocycles. The zero-order valence-corrected chi connectivity index (χ0v) is 10.8.